The van der Waals surface area contributed by atoms with Crippen LogP contribution in [0.15, 0.2) is 40.9 Å². The molecular formula is C20H23N5O3S. The molecule has 0 spiro atoms. The predicted molar refractivity (Wildman–Crippen MR) is 110 cm³/mol. The van der Waals surface area contributed by atoms with Gasteiger partial charge in [0, 0.05) is 54.2 Å². The molecule has 0 unspecified atom stereocenters. The zero-order chi connectivity index (χ0) is 20.2. The number of aromatic nitrogens is 3. The first-order chi connectivity index (χ1) is 14.1. The third kappa shape index (κ3) is 4.73. The second-order valence-electron chi connectivity index (χ2n) is 7.32. The van der Waals surface area contributed by atoms with E-state index >= 15 is 0 Å². The number of fused-ring (bicyclic) bond motifs is 1. The predicted octanol–water partition coefficient (Wildman–Crippen LogP) is 1.41. The van der Waals surface area contributed by atoms with Crippen LogP contribution in [0, 0.1) is 0 Å². The smallest absolute Gasteiger partial charge is 0.247 e. The van der Waals surface area contributed by atoms with Crippen LogP contribution in [0.4, 0.5) is 0 Å². The number of aryl methyl sites for hydroxylation is 1. The highest BCUT2D eigenvalue weighted by Crippen LogP contribution is 2.20. The number of hydrogen-bond donors (Lipinski definition) is 3. The van der Waals surface area contributed by atoms with Gasteiger partial charge >= 0.3 is 0 Å². The monoisotopic (exact) mass is 413 g/mol. The van der Waals surface area contributed by atoms with Crippen LogP contribution in [-0.4, -0.2) is 38.3 Å². The second kappa shape index (κ2) is 8.60. The van der Waals surface area contributed by atoms with Crippen LogP contribution in [0.5, 0.6) is 0 Å². The number of hydrogen-bond acceptors (Lipinski definition) is 5. The minimum Gasteiger partial charge on any atom is -0.351 e. The zero-order valence-corrected chi connectivity index (χ0v) is 16.7. The number of carbonyl (C=O) groups is 2. The molecule has 0 aromatic carbocycles. The maximum Gasteiger partial charge on any atom is 0.247 e. The van der Waals surface area contributed by atoms with E-state index in [2.05, 4.69) is 20.6 Å². The van der Waals surface area contributed by atoms with Crippen molar-refractivity contribution in [3.05, 3.63) is 57.7 Å². The molecular weight excluding hydrogens is 390 g/mol. The molecule has 3 aromatic heterocycles. The van der Waals surface area contributed by atoms with Crippen LogP contribution in [0.3, 0.4) is 0 Å². The summed E-state index contributed by atoms with van der Waals surface area (Å²) < 4.78 is 1.93. The SMILES string of the molecule is O=C(CCc1ccc(=O)[nH]c1)N[C@H]1CCC[C@H]1NC(=O)Cc1csc2nccn12. The maximum absolute atomic E-state index is 12.5. The van der Waals surface area contributed by atoms with E-state index in [0.717, 1.165) is 35.5 Å². The summed E-state index contributed by atoms with van der Waals surface area (Å²) in [4.78, 5) is 43.7. The Kier molecular flexibility index (Phi) is 5.75. The van der Waals surface area contributed by atoms with Crippen LogP contribution in [0.2, 0.25) is 0 Å². The average molecular weight is 414 g/mol. The molecule has 2 amide bonds. The van der Waals surface area contributed by atoms with Gasteiger partial charge in [0.05, 0.1) is 6.42 Å². The van der Waals surface area contributed by atoms with Crippen LogP contribution in [-0.2, 0) is 22.4 Å². The van der Waals surface area contributed by atoms with Crippen molar-refractivity contribution >= 4 is 28.1 Å². The first-order valence-corrected chi connectivity index (χ1v) is 10.6. The summed E-state index contributed by atoms with van der Waals surface area (Å²) in [6, 6.07) is 3.10. The van der Waals surface area contributed by atoms with Gasteiger partial charge in [0.15, 0.2) is 4.96 Å². The van der Waals surface area contributed by atoms with Crippen LogP contribution >= 0.6 is 11.3 Å². The molecule has 9 heteroatoms. The molecule has 2 atom stereocenters. The van der Waals surface area contributed by atoms with Crippen molar-refractivity contribution in [2.24, 2.45) is 0 Å². The van der Waals surface area contributed by atoms with Gasteiger partial charge in [-0.15, -0.1) is 11.3 Å². The van der Waals surface area contributed by atoms with Crippen LogP contribution in [0.25, 0.3) is 4.96 Å². The topological polar surface area (TPSA) is 108 Å². The third-order valence-electron chi connectivity index (χ3n) is 5.26. The van der Waals surface area contributed by atoms with E-state index in [0.29, 0.717) is 19.3 Å². The van der Waals surface area contributed by atoms with Crippen molar-refractivity contribution < 1.29 is 9.59 Å². The first kappa shape index (κ1) is 19.4. The van der Waals surface area contributed by atoms with Crippen LogP contribution < -0.4 is 16.2 Å². The number of H-pyrrole nitrogens is 1. The lowest BCUT2D eigenvalue weighted by molar-refractivity contribution is -0.124. The number of amides is 2. The summed E-state index contributed by atoms with van der Waals surface area (Å²) >= 11 is 1.51. The summed E-state index contributed by atoms with van der Waals surface area (Å²) in [5.74, 6) is -0.0851. The molecule has 0 bridgehead atoms. The largest absolute Gasteiger partial charge is 0.351 e. The molecule has 29 heavy (non-hydrogen) atoms. The van der Waals surface area contributed by atoms with Gasteiger partial charge in [-0.05, 0) is 31.2 Å². The molecule has 3 aromatic rings. The Bertz CT molecular complexity index is 1050. The number of nitrogens with one attached hydrogen (secondary N) is 3. The Morgan fingerprint density at radius 1 is 1.21 bits per heavy atom. The van der Waals surface area contributed by atoms with Crippen molar-refractivity contribution in [2.45, 2.75) is 50.6 Å². The van der Waals surface area contributed by atoms with Gasteiger partial charge in [-0.3, -0.25) is 18.8 Å². The van der Waals surface area contributed by atoms with E-state index < -0.39 is 0 Å². The number of nitrogens with zero attached hydrogens (tertiary/aromatic N) is 2. The number of imidazole rings is 1. The minimum atomic E-state index is -0.154. The fourth-order valence-electron chi connectivity index (χ4n) is 3.76. The molecule has 3 heterocycles. The second-order valence-corrected chi connectivity index (χ2v) is 8.16. The highest BCUT2D eigenvalue weighted by molar-refractivity contribution is 7.15. The van der Waals surface area contributed by atoms with E-state index in [-0.39, 0.29) is 29.5 Å². The Balaban J connectivity index is 1.27. The molecule has 1 aliphatic rings. The molecule has 1 saturated carbocycles. The summed E-state index contributed by atoms with van der Waals surface area (Å²) in [5.41, 5.74) is 1.68. The normalized spacial score (nSPS) is 18.8. The molecule has 8 nitrogen and oxygen atoms in total. The number of carbonyl (C=O) groups excluding carboxylic acids is 2. The molecule has 4 rings (SSSR count). The third-order valence-corrected chi connectivity index (χ3v) is 6.16. The van der Waals surface area contributed by atoms with Gasteiger partial charge in [0.2, 0.25) is 17.4 Å². The van der Waals surface area contributed by atoms with Crippen molar-refractivity contribution in [3.8, 4) is 0 Å². The average Bonchev–Trinajstić information content (AvgIpc) is 3.41. The Morgan fingerprint density at radius 3 is 2.76 bits per heavy atom. The van der Waals surface area contributed by atoms with E-state index in [1.165, 1.54) is 17.4 Å². The van der Waals surface area contributed by atoms with Gasteiger partial charge in [-0.1, -0.05) is 6.07 Å². The lowest BCUT2D eigenvalue weighted by atomic mass is 10.1. The fraction of sp³-hybridized carbons (Fsp3) is 0.400. The zero-order valence-electron chi connectivity index (χ0n) is 15.9. The van der Waals surface area contributed by atoms with Gasteiger partial charge in [-0.2, -0.15) is 0 Å². The van der Waals surface area contributed by atoms with E-state index in [1.807, 2.05) is 16.0 Å². The lowest BCUT2D eigenvalue weighted by Gasteiger charge is -2.22. The van der Waals surface area contributed by atoms with Crippen molar-refractivity contribution in [1.82, 2.24) is 25.0 Å². The summed E-state index contributed by atoms with van der Waals surface area (Å²) in [7, 11) is 0. The number of aromatic amines is 1. The molecule has 3 N–H and O–H groups in total. The molecule has 1 aliphatic carbocycles. The number of rotatable bonds is 7. The van der Waals surface area contributed by atoms with E-state index in [4.69, 9.17) is 0 Å². The maximum atomic E-state index is 12.5. The highest BCUT2D eigenvalue weighted by atomic mass is 32.1. The molecule has 152 valence electrons. The van der Waals surface area contributed by atoms with Crippen molar-refractivity contribution in [3.63, 3.8) is 0 Å². The minimum absolute atomic E-state index is 0.0414. The molecule has 0 aliphatic heterocycles. The quantitative estimate of drug-likeness (QED) is 0.544. The van der Waals surface area contributed by atoms with Gasteiger partial charge in [0.1, 0.15) is 0 Å². The number of thiazole rings is 1. The first-order valence-electron chi connectivity index (χ1n) is 9.74. The number of pyridine rings is 1. The Labute approximate surface area is 171 Å². The van der Waals surface area contributed by atoms with E-state index in [1.54, 1.807) is 18.5 Å². The molecule has 0 saturated heterocycles. The standard InChI is InChI=1S/C20H23N5O3S/c26-17-6-4-13(11-22-17)5-7-18(27)23-15-2-1-3-16(15)24-19(28)10-14-12-29-20-21-8-9-25(14)20/h4,6,8-9,11-12,15-16H,1-3,5,7,10H2,(H,22,26)(H,23,27)(H,24,28)/t15-,16+/m0/s1. The van der Waals surface area contributed by atoms with Gasteiger partial charge in [0.25, 0.3) is 0 Å². The molecule has 1 fully saturated rings. The summed E-state index contributed by atoms with van der Waals surface area (Å²) in [6.07, 6.45) is 9.11. The van der Waals surface area contributed by atoms with Crippen molar-refractivity contribution in [2.75, 3.05) is 0 Å². The van der Waals surface area contributed by atoms with Gasteiger partial charge < -0.3 is 15.6 Å². The Morgan fingerprint density at radius 2 is 2.00 bits per heavy atom. The van der Waals surface area contributed by atoms with Crippen molar-refractivity contribution in [1.29, 1.82) is 0 Å². The van der Waals surface area contributed by atoms with E-state index in [9.17, 15) is 14.4 Å². The molecule has 0 radical (unpaired) electrons. The van der Waals surface area contributed by atoms with Gasteiger partial charge in [-0.25, -0.2) is 4.98 Å². The Hall–Kier alpha value is -2.94. The summed E-state index contributed by atoms with van der Waals surface area (Å²) in [5, 5.41) is 8.10. The van der Waals surface area contributed by atoms with Crippen LogP contribution in [0.1, 0.15) is 36.9 Å². The lowest BCUT2D eigenvalue weighted by Crippen LogP contribution is -2.49. The fourth-order valence-corrected chi connectivity index (χ4v) is 4.61. The highest BCUT2D eigenvalue weighted by Gasteiger charge is 2.29. The summed E-state index contributed by atoms with van der Waals surface area (Å²) in [6.45, 7) is 0.